The van der Waals surface area contributed by atoms with Gasteiger partial charge in [-0.25, -0.2) is 4.79 Å². The minimum atomic E-state index is -4.23. The van der Waals surface area contributed by atoms with Crippen molar-refractivity contribution < 1.29 is 22.7 Å². The SMILES string of the molecule is CC(C)(C)OC(=O)N1CC[C@H](Nc2ccc(C#N)c3[nH]c4c(c23)CCC(C(F)(F)F)C4)C1. The molecule has 1 saturated heterocycles. The highest BCUT2D eigenvalue weighted by molar-refractivity contribution is 5.99. The topological polar surface area (TPSA) is 81.2 Å². The number of carbonyl (C=O) groups excluding carboxylic acids is 1. The molecular weight excluding hydrogens is 421 g/mol. The second-order valence-corrected chi connectivity index (χ2v) is 9.64. The van der Waals surface area contributed by atoms with Gasteiger partial charge < -0.3 is 19.9 Å². The van der Waals surface area contributed by atoms with E-state index in [-0.39, 0.29) is 25.0 Å². The monoisotopic (exact) mass is 448 g/mol. The lowest BCUT2D eigenvalue weighted by atomic mass is 9.86. The van der Waals surface area contributed by atoms with Gasteiger partial charge in [0.05, 0.1) is 17.0 Å². The third kappa shape index (κ3) is 4.36. The maximum atomic E-state index is 13.3. The lowest BCUT2D eigenvalue weighted by Gasteiger charge is -2.25. The summed E-state index contributed by atoms with van der Waals surface area (Å²) in [4.78, 5) is 17.1. The molecular formula is C23H27F3N4O2. The quantitative estimate of drug-likeness (QED) is 0.668. The minimum Gasteiger partial charge on any atom is -0.444 e. The fraction of sp³-hybridized carbons (Fsp3) is 0.565. The number of aryl methyl sites for hydroxylation is 1. The van der Waals surface area contributed by atoms with Crippen LogP contribution in [0, 0.1) is 17.2 Å². The first kappa shape index (κ1) is 22.3. The number of amides is 1. The molecule has 1 aliphatic carbocycles. The zero-order chi connectivity index (χ0) is 23.3. The number of alkyl halides is 3. The molecule has 1 aliphatic heterocycles. The number of benzene rings is 1. The summed E-state index contributed by atoms with van der Waals surface area (Å²) >= 11 is 0. The van der Waals surface area contributed by atoms with Crippen molar-refractivity contribution in [3.05, 3.63) is 29.0 Å². The number of ether oxygens (including phenoxy) is 1. The summed E-state index contributed by atoms with van der Waals surface area (Å²) < 4.78 is 45.3. The number of fused-ring (bicyclic) bond motifs is 3. The van der Waals surface area contributed by atoms with Crippen molar-refractivity contribution in [2.75, 3.05) is 18.4 Å². The summed E-state index contributed by atoms with van der Waals surface area (Å²) in [6.45, 7) is 6.50. The molecule has 9 heteroatoms. The van der Waals surface area contributed by atoms with Crippen LogP contribution >= 0.6 is 0 Å². The summed E-state index contributed by atoms with van der Waals surface area (Å²) in [7, 11) is 0. The number of nitrogens with one attached hydrogen (secondary N) is 2. The number of halogens is 3. The molecule has 1 unspecified atom stereocenters. The van der Waals surface area contributed by atoms with Crippen LogP contribution in [-0.2, 0) is 17.6 Å². The molecule has 0 bridgehead atoms. The van der Waals surface area contributed by atoms with E-state index in [1.54, 1.807) is 17.0 Å². The molecule has 1 aromatic carbocycles. The Bertz CT molecular complexity index is 1080. The Morgan fingerprint density at radius 2 is 2.03 bits per heavy atom. The van der Waals surface area contributed by atoms with Crippen LogP contribution in [0.4, 0.5) is 23.7 Å². The number of carbonyl (C=O) groups is 1. The van der Waals surface area contributed by atoms with E-state index in [9.17, 15) is 23.2 Å². The van der Waals surface area contributed by atoms with E-state index in [4.69, 9.17) is 4.74 Å². The van der Waals surface area contributed by atoms with Crippen molar-refractivity contribution in [2.24, 2.45) is 5.92 Å². The zero-order valence-electron chi connectivity index (χ0n) is 18.4. The molecule has 2 aliphatic rings. The van der Waals surface area contributed by atoms with Crippen LogP contribution in [0.25, 0.3) is 10.9 Å². The fourth-order valence-corrected chi connectivity index (χ4v) is 4.62. The second-order valence-electron chi connectivity index (χ2n) is 9.64. The summed E-state index contributed by atoms with van der Waals surface area (Å²) in [6, 6.07) is 5.60. The molecule has 172 valence electrons. The van der Waals surface area contributed by atoms with E-state index < -0.39 is 17.7 Å². The summed E-state index contributed by atoms with van der Waals surface area (Å²) in [5, 5.41) is 13.8. The van der Waals surface area contributed by atoms with Gasteiger partial charge in [-0.05, 0) is 64.2 Å². The van der Waals surface area contributed by atoms with Crippen molar-refractivity contribution in [1.82, 2.24) is 9.88 Å². The van der Waals surface area contributed by atoms with Gasteiger partial charge in [0, 0.05) is 35.9 Å². The van der Waals surface area contributed by atoms with Gasteiger partial charge in [-0.3, -0.25) is 0 Å². The van der Waals surface area contributed by atoms with Crippen LogP contribution in [0.3, 0.4) is 0 Å². The molecule has 4 rings (SSSR count). The van der Waals surface area contributed by atoms with Gasteiger partial charge in [-0.15, -0.1) is 0 Å². The molecule has 32 heavy (non-hydrogen) atoms. The zero-order valence-corrected chi connectivity index (χ0v) is 18.4. The van der Waals surface area contributed by atoms with Crippen LogP contribution in [0.15, 0.2) is 12.1 Å². The van der Waals surface area contributed by atoms with Gasteiger partial charge in [0.2, 0.25) is 0 Å². The second kappa shape index (κ2) is 7.91. The van der Waals surface area contributed by atoms with Crippen molar-refractivity contribution in [2.45, 2.75) is 64.3 Å². The van der Waals surface area contributed by atoms with E-state index in [2.05, 4.69) is 16.4 Å². The standard InChI is InChI=1S/C23H27F3N4O2/c1-22(2,3)32-21(31)30-9-8-15(12-30)28-17-7-4-13(11-27)20-19(17)16-6-5-14(23(24,25)26)10-18(16)29-20/h4,7,14-15,28-29H,5-6,8-10,12H2,1-3H3/t14?,15-/m0/s1. The predicted molar refractivity (Wildman–Crippen MR) is 114 cm³/mol. The molecule has 6 nitrogen and oxygen atoms in total. The number of anilines is 1. The lowest BCUT2D eigenvalue weighted by molar-refractivity contribution is -0.177. The predicted octanol–water partition coefficient (Wildman–Crippen LogP) is 5.13. The van der Waals surface area contributed by atoms with Crippen molar-refractivity contribution in [3.63, 3.8) is 0 Å². The molecule has 0 saturated carbocycles. The maximum Gasteiger partial charge on any atom is 0.410 e. The smallest absolute Gasteiger partial charge is 0.410 e. The highest BCUT2D eigenvalue weighted by Gasteiger charge is 2.42. The van der Waals surface area contributed by atoms with E-state index in [1.807, 2.05) is 20.8 Å². The summed E-state index contributed by atoms with van der Waals surface area (Å²) in [6.07, 6.45) is -3.63. The van der Waals surface area contributed by atoms with Crippen LogP contribution in [0.2, 0.25) is 0 Å². The summed E-state index contributed by atoms with van der Waals surface area (Å²) in [5.74, 6) is -1.37. The molecule has 0 spiro atoms. The Hall–Kier alpha value is -2.89. The van der Waals surface area contributed by atoms with Gasteiger partial charge in [0.1, 0.15) is 11.7 Å². The molecule has 2 N–H and O–H groups in total. The average molecular weight is 448 g/mol. The van der Waals surface area contributed by atoms with E-state index >= 15 is 0 Å². The van der Waals surface area contributed by atoms with Gasteiger partial charge in [-0.1, -0.05) is 0 Å². The maximum absolute atomic E-state index is 13.3. The van der Waals surface area contributed by atoms with Gasteiger partial charge >= 0.3 is 12.3 Å². The molecule has 0 radical (unpaired) electrons. The van der Waals surface area contributed by atoms with Crippen LogP contribution in [-0.4, -0.2) is 46.9 Å². The highest BCUT2D eigenvalue weighted by Crippen LogP contribution is 2.42. The third-order valence-electron chi connectivity index (χ3n) is 6.12. The van der Waals surface area contributed by atoms with Gasteiger partial charge in [-0.2, -0.15) is 18.4 Å². The number of aromatic nitrogens is 1. The Morgan fingerprint density at radius 3 is 2.69 bits per heavy atom. The Morgan fingerprint density at radius 1 is 1.28 bits per heavy atom. The molecule has 2 aromatic rings. The number of aromatic amines is 1. The molecule has 2 atom stereocenters. The minimum absolute atomic E-state index is 0.0179. The number of hydrogen-bond donors (Lipinski definition) is 2. The Labute approximate surface area is 184 Å². The first-order valence-corrected chi connectivity index (χ1v) is 10.8. The summed E-state index contributed by atoms with van der Waals surface area (Å²) in [5.41, 5.74) is 2.60. The lowest BCUT2D eigenvalue weighted by Crippen LogP contribution is -2.36. The van der Waals surface area contributed by atoms with E-state index in [0.717, 1.165) is 23.1 Å². The van der Waals surface area contributed by atoms with Crippen molar-refractivity contribution in [1.29, 1.82) is 5.26 Å². The number of H-pyrrole nitrogens is 1. The Balaban J connectivity index is 1.59. The first-order chi connectivity index (χ1) is 15.0. The van der Waals surface area contributed by atoms with E-state index in [0.29, 0.717) is 36.3 Å². The Kier molecular flexibility index (Phi) is 5.51. The molecule has 1 amide bonds. The highest BCUT2D eigenvalue weighted by atomic mass is 19.4. The average Bonchev–Trinajstić information content (AvgIpc) is 3.30. The fourth-order valence-electron chi connectivity index (χ4n) is 4.62. The normalized spacial score (nSPS) is 21.3. The third-order valence-corrected chi connectivity index (χ3v) is 6.12. The number of nitrogens with zero attached hydrogens (tertiary/aromatic N) is 2. The number of likely N-dealkylation sites (tertiary alicyclic amines) is 1. The number of nitriles is 1. The van der Waals surface area contributed by atoms with Crippen LogP contribution < -0.4 is 5.32 Å². The van der Waals surface area contributed by atoms with Crippen LogP contribution in [0.5, 0.6) is 0 Å². The van der Waals surface area contributed by atoms with Gasteiger partial charge in [0.15, 0.2) is 0 Å². The van der Waals surface area contributed by atoms with Crippen LogP contribution in [0.1, 0.15) is 50.4 Å². The first-order valence-electron chi connectivity index (χ1n) is 10.8. The number of rotatable bonds is 2. The van der Waals surface area contributed by atoms with Crippen molar-refractivity contribution in [3.8, 4) is 6.07 Å². The molecule has 2 heterocycles. The molecule has 1 fully saturated rings. The largest absolute Gasteiger partial charge is 0.444 e. The van der Waals surface area contributed by atoms with Gasteiger partial charge in [0.25, 0.3) is 0 Å². The molecule has 1 aromatic heterocycles. The van der Waals surface area contributed by atoms with E-state index in [1.165, 1.54) is 0 Å². The van der Waals surface area contributed by atoms with Crippen molar-refractivity contribution >= 4 is 22.7 Å². The number of hydrogen-bond acceptors (Lipinski definition) is 4.